The number of halogens is 2. The van der Waals surface area contributed by atoms with Crippen LogP contribution in [0.2, 0.25) is 5.15 Å². The van der Waals surface area contributed by atoms with E-state index in [0.29, 0.717) is 17.1 Å². The summed E-state index contributed by atoms with van der Waals surface area (Å²) in [6.07, 6.45) is 0. The van der Waals surface area contributed by atoms with Crippen molar-refractivity contribution in [1.82, 2.24) is 4.98 Å². The minimum absolute atomic E-state index is 0.0231. The number of hydrogen-bond donors (Lipinski definition) is 0. The first kappa shape index (κ1) is 18.5. The van der Waals surface area contributed by atoms with Crippen molar-refractivity contribution < 1.29 is 19.0 Å². The van der Waals surface area contributed by atoms with Crippen LogP contribution in [0.3, 0.4) is 0 Å². The van der Waals surface area contributed by atoms with E-state index >= 15 is 0 Å². The van der Waals surface area contributed by atoms with Crippen molar-refractivity contribution in [3.05, 3.63) is 50.2 Å². The van der Waals surface area contributed by atoms with Gasteiger partial charge in [-0.05, 0) is 53.5 Å². The van der Waals surface area contributed by atoms with Crippen molar-refractivity contribution in [2.45, 2.75) is 20.5 Å². The maximum Gasteiger partial charge on any atom is 0.341 e. The van der Waals surface area contributed by atoms with Gasteiger partial charge in [0.05, 0.1) is 24.3 Å². The van der Waals surface area contributed by atoms with Crippen molar-refractivity contribution in [2.24, 2.45) is 0 Å². The smallest absolute Gasteiger partial charge is 0.341 e. The molecule has 0 fully saturated rings. The van der Waals surface area contributed by atoms with Crippen LogP contribution in [-0.4, -0.2) is 25.2 Å². The second-order valence-corrected chi connectivity index (χ2v) is 6.33. The van der Waals surface area contributed by atoms with Gasteiger partial charge in [0.2, 0.25) is 0 Å². The quantitative estimate of drug-likeness (QED) is 0.533. The van der Waals surface area contributed by atoms with Gasteiger partial charge >= 0.3 is 5.97 Å². The molecule has 128 valence electrons. The molecule has 0 aliphatic carbocycles. The van der Waals surface area contributed by atoms with Gasteiger partial charge in [0.15, 0.2) is 0 Å². The molecule has 1 aromatic heterocycles. The molecule has 2 rings (SSSR count). The van der Waals surface area contributed by atoms with Crippen molar-refractivity contribution in [2.75, 3.05) is 14.2 Å². The molecule has 0 amide bonds. The van der Waals surface area contributed by atoms with Gasteiger partial charge in [-0.15, -0.1) is 0 Å². The molecule has 0 atom stereocenters. The monoisotopic (exact) mass is 413 g/mol. The number of aromatic nitrogens is 1. The Morgan fingerprint density at radius 2 is 1.83 bits per heavy atom. The summed E-state index contributed by atoms with van der Waals surface area (Å²) in [7, 11) is 3.11. The normalized spacial score (nSPS) is 10.4. The Kier molecular flexibility index (Phi) is 6.07. The number of pyridine rings is 1. The van der Waals surface area contributed by atoms with E-state index in [1.165, 1.54) is 0 Å². The number of benzene rings is 1. The van der Waals surface area contributed by atoms with Crippen LogP contribution in [0.4, 0.5) is 0 Å². The lowest BCUT2D eigenvalue weighted by Crippen LogP contribution is -2.10. The van der Waals surface area contributed by atoms with E-state index in [0.717, 1.165) is 15.7 Å². The second-order valence-electron chi connectivity index (χ2n) is 5.12. The summed E-state index contributed by atoms with van der Waals surface area (Å²) in [5, 5.41) is 0.137. The van der Waals surface area contributed by atoms with Crippen LogP contribution in [0.25, 0.3) is 0 Å². The number of rotatable bonds is 5. The van der Waals surface area contributed by atoms with Gasteiger partial charge in [0.25, 0.3) is 0 Å². The van der Waals surface area contributed by atoms with E-state index in [2.05, 4.69) is 20.9 Å². The number of carbonyl (C=O) groups excluding carboxylic acids is 1. The van der Waals surface area contributed by atoms with Gasteiger partial charge in [0, 0.05) is 11.3 Å². The Hall–Kier alpha value is -1.79. The van der Waals surface area contributed by atoms with Crippen LogP contribution in [0.15, 0.2) is 22.7 Å². The minimum Gasteiger partial charge on any atom is -0.496 e. The summed E-state index contributed by atoms with van der Waals surface area (Å²) in [4.78, 5) is 16.5. The fraction of sp³-hybridized carbons (Fsp3) is 0.294. The molecule has 1 aromatic carbocycles. The predicted molar refractivity (Wildman–Crippen MR) is 95.1 cm³/mol. The number of methoxy groups -OCH3 is 2. The molecule has 0 saturated carbocycles. The van der Waals surface area contributed by atoms with E-state index in [-0.39, 0.29) is 17.3 Å². The minimum atomic E-state index is -0.533. The Balaban J connectivity index is 2.24. The third-order valence-corrected chi connectivity index (χ3v) is 4.31. The zero-order valence-corrected chi connectivity index (χ0v) is 16.1. The average Bonchev–Trinajstić information content (AvgIpc) is 2.52. The SMILES string of the molecule is COc1cc(COC(=O)c2c(C)cc(C)nc2Cl)c(OC)cc1Br. The van der Waals surface area contributed by atoms with Crippen molar-refractivity contribution in [1.29, 1.82) is 0 Å². The van der Waals surface area contributed by atoms with E-state index in [1.807, 2.05) is 6.92 Å². The van der Waals surface area contributed by atoms with E-state index in [9.17, 15) is 4.79 Å². The van der Waals surface area contributed by atoms with Crippen LogP contribution >= 0.6 is 27.5 Å². The lowest BCUT2D eigenvalue weighted by molar-refractivity contribution is 0.0468. The van der Waals surface area contributed by atoms with Crippen molar-refractivity contribution in [3.8, 4) is 11.5 Å². The summed E-state index contributed by atoms with van der Waals surface area (Å²) < 4.78 is 16.7. The molecule has 5 nitrogen and oxygen atoms in total. The highest BCUT2D eigenvalue weighted by Crippen LogP contribution is 2.33. The van der Waals surface area contributed by atoms with Gasteiger partial charge in [-0.2, -0.15) is 0 Å². The summed E-state index contributed by atoms with van der Waals surface area (Å²) in [6.45, 7) is 3.63. The van der Waals surface area contributed by atoms with Gasteiger partial charge in [-0.3, -0.25) is 0 Å². The molecule has 7 heteroatoms. The predicted octanol–water partition coefficient (Wildman–Crippen LogP) is 4.49. The average molecular weight is 415 g/mol. The number of nitrogens with zero attached hydrogens (tertiary/aromatic N) is 1. The Bertz CT molecular complexity index is 756. The summed E-state index contributed by atoms with van der Waals surface area (Å²) >= 11 is 9.46. The lowest BCUT2D eigenvalue weighted by Gasteiger charge is -2.13. The number of hydrogen-bond acceptors (Lipinski definition) is 5. The van der Waals surface area contributed by atoms with Gasteiger partial charge in [-0.25, -0.2) is 9.78 Å². The molecule has 0 radical (unpaired) electrons. The number of aryl methyl sites for hydroxylation is 2. The maximum atomic E-state index is 12.4. The first-order chi connectivity index (χ1) is 11.4. The van der Waals surface area contributed by atoms with E-state index < -0.39 is 5.97 Å². The fourth-order valence-electron chi connectivity index (χ4n) is 2.29. The molecule has 0 N–H and O–H groups in total. The molecular weight excluding hydrogens is 398 g/mol. The van der Waals surface area contributed by atoms with Crippen LogP contribution < -0.4 is 9.47 Å². The number of ether oxygens (including phenoxy) is 3. The first-order valence-corrected chi connectivity index (χ1v) is 8.25. The van der Waals surface area contributed by atoms with Crippen LogP contribution in [0.1, 0.15) is 27.2 Å². The molecule has 0 spiro atoms. The van der Waals surface area contributed by atoms with Gasteiger partial charge in [-0.1, -0.05) is 11.6 Å². The third kappa shape index (κ3) is 3.99. The molecule has 0 unspecified atom stereocenters. The maximum absolute atomic E-state index is 12.4. The van der Waals surface area contributed by atoms with E-state index in [4.69, 9.17) is 25.8 Å². The highest BCUT2D eigenvalue weighted by Gasteiger charge is 2.18. The zero-order chi connectivity index (χ0) is 17.9. The molecule has 0 aliphatic heterocycles. The van der Waals surface area contributed by atoms with Crippen LogP contribution in [0, 0.1) is 13.8 Å². The fourth-order valence-corrected chi connectivity index (χ4v) is 3.13. The molecule has 0 bridgehead atoms. The Morgan fingerprint density at radius 1 is 1.17 bits per heavy atom. The molecule has 24 heavy (non-hydrogen) atoms. The Labute approximate surface area is 154 Å². The summed E-state index contributed by atoms with van der Waals surface area (Å²) in [5.74, 6) is 0.669. The highest BCUT2D eigenvalue weighted by atomic mass is 79.9. The topological polar surface area (TPSA) is 57.7 Å². The van der Waals surface area contributed by atoms with E-state index in [1.54, 1.807) is 39.3 Å². The molecule has 2 aromatic rings. The standard InChI is InChI=1S/C17H17BrClNO4/c1-9-5-10(2)20-16(19)15(9)17(21)24-8-11-6-14(23-4)12(18)7-13(11)22-3/h5-7H,8H2,1-4H3. The lowest BCUT2D eigenvalue weighted by atomic mass is 10.1. The number of carbonyl (C=O) groups is 1. The number of esters is 1. The van der Waals surface area contributed by atoms with Crippen LogP contribution in [-0.2, 0) is 11.3 Å². The van der Waals surface area contributed by atoms with Crippen LogP contribution in [0.5, 0.6) is 11.5 Å². The second kappa shape index (κ2) is 7.85. The van der Waals surface area contributed by atoms with Crippen molar-refractivity contribution in [3.63, 3.8) is 0 Å². The molecule has 0 saturated heterocycles. The summed E-state index contributed by atoms with van der Waals surface area (Å²) in [5.41, 5.74) is 2.41. The molecule has 0 aliphatic rings. The molecular formula is C17H17BrClNO4. The summed E-state index contributed by atoms with van der Waals surface area (Å²) in [6, 6.07) is 5.29. The van der Waals surface area contributed by atoms with Gasteiger partial charge < -0.3 is 14.2 Å². The highest BCUT2D eigenvalue weighted by molar-refractivity contribution is 9.10. The Morgan fingerprint density at radius 3 is 2.42 bits per heavy atom. The largest absolute Gasteiger partial charge is 0.496 e. The zero-order valence-electron chi connectivity index (χ0n) is 13.8. The first-order valence-electron chi connectivity index (χ1n) is 7.08. The third-order valence-electron chi connectivity index (χ3n) is 3.42. The molecule has 1 heterocycles. The van der Waals surface area contributed by atoms with Gasteiger partial charge in [0.1, 0.15) is 23.3 Å². The van der Waals surface area contributed by atoms with Crippen molar-refractivity contribution >= 4 is 33.5 Å².